The second-order valence-electron chi connectivity index (χ2n) is 8.00. The highest BCUT2D eigenvalue weighted by Crippen LogP contribution is 2.34. The predicted molar refractivity (Wildman–Crippen MR) is 119 cm³/mol. The number of para-hydroxylation sites is 1. The molecular weight excluding hydrogens is 396 g/mol. The zero-order valence-corrected chi connectivity index (χ0v) is 18.0. The Morgan fingerprint density at radius 2 is 1.67 bits per heavy atom. The fourth-order valence-electron chi connectivity index (χ4n) is 4.17. The van der Waals surface area contributed by atoms with E-state index in [0.717, 1.165) is 49.9 Å². The van der Waals surface area contributed by atoms with Crippen LogP contribution in [0.25, 0.3) is 0 Å². The van der Waals surface area contributed by atoms with Crippen LogP contribution in [-0.4, -0.2) is 63.4 Å². The minimum Gasteiger partial charge on any atom is -0.349 e. The minimum absolute atomic E-state index is 0.00279. The average Bonchev–Trinajstić information content (AvgIpc) is 2.78. The van der Waals surface area contributed by atoms with Crippen LogP contribution in [0.1, 0.15) is 5.56 Å². The molecule has 0 saturated carbocycles. The highest BCUT2D eigenvalue weighted by Gasteiger charge is 2.26. The Kier molecular flexibility index (Phi) is 7.04. The van der Waals surface area contributed by atoms with Crippen molar-refractivity contribution in [1.29, 1.82) is 0 Å². The zero-order chi connectivity index (χ0) is 20.8. The molecule has 7 heteroatoms. The van der Waals surface area contributed by atoms with Gasteiger partial charge < -0.3 is 20.0 Å². The summed E-state index contributed by atoms with van der Waals surface area (Å²) in [4.78, 5) is 30.6. The first kappa shape index (κ1) is 20.9. The summed E-state index contributed by atoms with van der Waals surface area (Å²) in [5.74, 6) is 0.305. The topological polar surface area (TPSA) is 58.3 Å². The number of hydrogen-bond acceptors (Lipinski definition) is 3. The molecule has 6 nitrogen and oxygen atoms in total. The second-order valence-corrected chi connectivity index (χ2v) is 9.02. The lowest BCUT2D eigenvalue weighted by atomic mass is 10.2. The molecule has 30 heavy (non-hydrogen) atoms. The van der Waals surface area contributed by atoms with Gasteiger partial charge in [0.05, 0.1) is 24.5 Å². The van der Waals surface area contributed by atoms with Gasteiger partial charge in [0.2, 0.25) is 11.8 Å². The molecule has 0 bridgehead atoms. The van der Waals surface area contributed by atoms with Crippen molar-refractivity contribution in [2.24, 2.45) is 0 Å². The predicted octanol–water partition coefficient (Wildman–Crippen LogP) is -0.775. The number of benzene rings is 2. The van der Waals surface area contributed by atoms with Gasteiger partial charge in [0.15, 0.2) is 0 Å². The minimum atomic E-state index is -0.0854. The van der Waals surface area contributed by atoms with Crippen LogP contribution in [0.5, 0.6) is 0 Å². The number of fused-ring (bicyclic) bond motifs is 1. The van der Waals surface area contributed by atoms with Gasteiger partial charge in [0, 0.05) is 10.5 Å². The first-order valence-corrected chi connectivity index (χ1v) is 11.7. The van der Waals surface area contributed by atoms with E-state index in [4.69, 9.17) is 0 Å². The summed E-state index contributed by atoms with van der Waals surface area (Å²) in [6.45, 7) is 7.37. The van der Waals surface area contributed by atoms with Gasteiger partial charge in [-0.05, 0) is 12.1 Å². The molecule has 2 aliphatic heterocycles. The van der Waals surface area contributed by atoms with E-state index >= 15 is 0 Å². The van der Waals surface area contributed by atoms with Gasteiger partial charge in [-0.15, -0.1) is 11.8 Å². The molecule has 4 rings (SSSR count). The molecule has 2 heterocycles. The monoisotopic (exact) mass is 426 g/mol. The maximum absolute atomic E-state index is 12.4. The van der Waals surface area contributed by atoms with Crippen molar-refractivity contribution in [1.82, 2.24) is 5.32 Å². The summed E-state index contributed by atoms with van der Waals surface area (Å²) in [6, 6.07) is 18.5. The third-order valence-electron chi connectivity index (χ3n) is 5.87. The Hall–Kier alpha value is -2.35. The van der Waals surface area contributed by atoms with E-state index in [-0.39, 0.29) is 18.4 Å². The fourth-order valence-corrected chi connectivity index (χ4v) is 5.11. The molecule has 1 fully saturated rings. The Labute approximate surface area is 182 Å². The van der Waals surface area contributed by atoms with Gasteiger partial charge in [-0.3, -0.25) is 9.59 Å². The fraction of sp³-hybridized carbons (Fsp3) is 0.391. The molecule has 0 aromatic heterocycles. The van der Waals surface area contributed by atoms with E-state index in [1.807, 2.05) is 24.3 Å². The molecule has 158 valence electrons. The lowest BCUT2D eigenvalue weighted by Crippen LogP contribution is -3.27. The smallest absolute Gasteiger partial charge is 0.240 e. The highest BCUT2D eigenvalue weighted by atomic mass is 32.2. The van der Waals surface area contributed by atoms with Crippen LogP contribution in [0.3, 0.4) is 0 Å². The number of quaternary nitrogens is 2. The number of piperazine rings is 1. The van der Waals surface area contributed by atoms with Crippen LogP contribution in [-0.2, 0) is 16.1 Å². The molecule has 2 aromatic carbocycles. The van der Waals surface area contributed by atoms with Crippen molar-refractivity contribution in [2.45, 2.75) is 11.4 Å². The van der Waals surface area contributed by atoms with Gasteiger partial charge in [0.1, 0.15) is 39.3 Å². The van der Waals surface area contributed by atoms with Gasteiger partial charge in [-0.25, -0.2) is 0 Å². The van der Waals surface area contributed by atoms with Crippen molar-refractivity contribution in [3.8, 4) is 0 Å². The summed E-state index contributed by atoms with van der Waals surface area (Å²) < 4.78 is 0. The molecule has 3 N–H and O–H groups in total. The highest BCUT2D eigenvalue weighted by molar-refractivity contribution is 8.00. The van der Waals surface area contributed by atoms with E-state index in [1.165, 1.54) is 17.3 Å². The van der Waals surface area contributed by atoms with Gasteiger partial charge in [-0.1, -0.05) is 42.5 Å². The number of rotatable bonds is 7. The van der Waals surface area contributed by atoms with Crippen LogP contribution in [0.15, 0.2) is 59.5 Å². The molecule has 2 amide bonds. The Bertz CT molecular complexity index is 869. The summed E-state index contributed by atoms with van der Waals surface area (Å²) in [5, 5.41) is 3.01. The zero-order valence-electron chi connectivity index (χ0n) is 17.2. The van der Waals surface area contributed by atoms with Gasteiger partial charge >= 0.3 is 0 Å². The van der Waals surface area contributed by atoms with Crippen molar-refractivity contribution in [2.75, 3.05) is 56.5 Å². The molecule has 0 unspecified atom stereocenters. The van der Waals surface area contributed by atoms with E-state index in [0.29, 0.717) is 12.3 Å². The number of anilines is 1. The average molecular weight is 427 g/mol. The number of amides is 2. The summed E-state index contributed by atoms with van der Waals surface area (Å²) in [7, 11) is 0. The van der Waals surface area contributed by atoms with E-state index in [1.54, 1.807) is 14.7 Å². The second kappa shape index (κ2) is 10.1. The van der Waals surface area contributed by atoms with E-state index < -0.39 is 0 Å². The number of carbonyl (C=O) groups excluding carboxylic acids is 2. The molecule has 2 aromatic rings. The number of hydrogen-bond donors (Lipinski definition) is 3. The third-order valence-corrected chi connectivity index (χ3v) is 6.92. The molecule has 0 radical (unpaired) electrons. The molecule has 0 atom stereocenters. The standard InChI is InChI=1S/C23H28N4O2S/c28-22(17-27-20-8-4-5-9-21(20)30-18-23(27)29)24-10-11-25-12-14-26(15-13-25)16-19-6-2-1-3-7-19/h1-9H,10-18H2,(H,24,28)/p+2. The molecule has 0 aliphatic carbocycles. The maximum Gasteiger partial charge on any atom is 0.240 e. The van der Waals surface area contributed by atoms with Crippen molar-refractivity contribution in [3.05, 3.63) is 60.2 Å². The van der Waals surface area contributed by atoms with Crippen LogP contribution in [0.2, 0.25) is 0 Å². The molecule has 1 saturated heterocycles. The van der Waals surface area contributed by atoms with Gasteiger partial charge in [-0.2, -0.15) is 0 Å². The van der Waals surface area contributed by atoms with Crippen LogP contribution in [0, 0.1) is 0 Å². The summed E-state index contributed by atoms with van der Waals surface area (Å²) >= 11 is 1.54. The van der Waals surface area contributed by atoms with Crippen LogP contribution >= 0.6 is 11.8 Å². The van der Waals surface area contributed by atoms with Crippen LogP contribution in [0.4, 0.5) is 5.69 Å². The number of carbonyl (C=O) groups is 2. The lowest BCUT2D eigenvalue weighted by molar-refractivity contribution is -1.02. The Morgan fingerprint density at radius 3 is 2.47 bits per heavy atom. The van der Waals surface area contributed by atoms with Crippen molar-refractivity contribution >= 4 is 29.3 Å². The number of thioether (sulfide) groups is 1. The molecule has 2 aliphatic rings. The lowest BCUT2D eigenvalue weighted by Gasteiger charge is -2.30. The normalized spacial score (nSPS) is 21.2. The number of nitrogens with zero attached hydrogens (tertiary/aromatic N) is 1. The van der Waals surface area contributed by atoms with E-state index in [2.05, 4.69) is 35.6 Å². The van der Waals surface area contributed by atoms with Crippen molar-refractivity contribution in [3.63, 3.8) is 0 Å². The van der Waals surface area contributed by atoms with Crippen molar-refractivity contribution < 1.29 is 19.4 Å². The summed E-state index contributed by atoms with van der Waals surface area (Å²) in [5.41, 5.74) is 2.24. The Balaban J connectivity index is 1.17. The quantitative estimate of drug-likeness (QED) is 0.545. The molecule has 0 spiro atoms. The SMILES string of the molecule is O=C(CN1C(=O)CSc2ccccc21)NCC[NH+]1CC[NH+](Cc2ccccc2)CC1. The third kappa shape index (κ3) is 5.41. The Morgan fingerprint density at radius 1 is 0.967 bits per heavy atom. The first-order chi connectivity index (χ1) is 14.7. The van der Waals surface area contributed by atoms with Crippen LogP contribution < -0.4 is 20.0 Å². The van der Waals surface area contributed by atoms with E-state index in [9.17, 15) is 9.59 Å². The number of nitrogens with one attached hydrogen (secondary N) is 3. The summed E-state index contributed by atoms with van der Waals surface area (Å²) in [6.07, 6.45) is 0. The maximum atomic E-state index is 12.4. The molecular formula is C23H30N4O2S+2. The largest absolute Gasteiger partial charge is 0.349 e. The van der Waals surface area contributed by atoms with Gasteiger partial charge in [0.25, 0.3) is 0 Å². The first-order valence-electron chi connectivity index (χ1n) is 10.7.